The summed E-state index contributed by atoms with van der Waals surface area (Å²) in [5.74, 6) is -0.404. The van der Waals surface area contributed by atoms with Crippen LogP contribution in [0.25, 0.3) is 27.5 Å². The van der Waals surface area contributed by atoms with E-state index >= 15 is 0 Å². The van der Waals surface area contributed by atoms with Gasteiger partial charge in [0.15, 0.2) is 0 Å². The van der Waals surface area contributed by atoms with E-state index in [-0.39, 0.29) is 0 Å². The van der Waals surface area contributed by atoms with Crippen LogP contribution in [0.4, 0.5) is 0 Å². The van der Waals surface area contributed by atoms with Gasteiger partial charge in [-0.25, -0.2) is 4.79 Å². The van der Waals surface area contributed by atoms with Gasteiger partial charge in [-0.2, -0.15) is 0 Å². The van der Waals surface area contributed by atoms with Gasteiger partial charge in [-0.1, -0.05) is 40.6 Å². The molecule has 5 rings (SSSR count). The van der Waals surface area contributed by atoms with Crippen LogP contribution in [0.3, 0.4) is 0 Å². The number of oxime groups is 2. The van der Waals surface area contributed by atoms with Crippen LogP contribution in [0, 0.1) is 0 Å². The van der Waals surface area contributed by atoms with Gasteiger partial charge in [-0.15, -0.1) is 0 Å². The summed E-state index contributed by atoms with van der Waals surface area (Å²) in [6.45, 7) is 5.79. The Kier molecular flexibility index (Phi) is 5.42. The maximum absolute atomic E-state index is 11.2. The minimum Gasteiger partial charge on any atom is -0.396 e. The average Bonchev–Trinajstić information content (AvgIpc) is 3.38. The molecule has 1 heterocycles. The molecular formula is C27H25N3O3. The largest absolute Gasteiger partial charge is 0.396 e. The second kappa shape index (κ2) is 8.54. The molecule has 0 amide bonds. The topological polar surface area (TPSA) is 65.2 Å². The highest BCUT2D eigenvalue weighted by atomic mass is 16.7. The first-order valence-electron chi connectivity index (χ1n) is 11.1. The maximum Gasteiger partial charge on any atom is 0.331 e. The lowest BCUT2D eigenvalue weighted by Crippen LogP contribution is -2.00. The lowest BCUT2D eigenvalue weighted by atomic mass is 10.0. The van der Waals surface area contributed by atoms with Crippen LogP contribution in [-0.2, 0) is 20.9 Å². The molecule has 0 unspecified atom stereocenters. The summed E-state index contributed by atoms with van der Waals surface area (Å²) in [6, 6.07) is 21.2. The molecule has 0 radical (unpaired) electrons. The Morgan fingerprint density at radius 3 is 2.52 bits per heavy atom. The van der Waals surface area contributed by atoms with Crippen molar-refractivity contribution in [2.75, 3.05) is 6.61 Å². The molecule has 1 aromatic heterocycles. The third kappa shape index (κ3) is 3.78. The molecule has 0 atom stereocenters. The molecule has 6 nitrogen and oxygen atoms in total. The molecule has 0 spiro atoms. The van der Waals surface area contributed by atoms with Gasteiger partial charge in [0.25, 0.3) is 0 Å². The standard InChI is InChI=1S/C27H25N3O3/c1-4-32-28-17(2)19-9-12-21(13-10-19)30-26-8-6-5-7-22(26)24-16-23-20(15-27(24)30)11-14-25(23)29-33-18(3)31/h5-10,12-13,15-16H,4,11,14H2,1-3H3/b28-17+,29-25+. The molecule has 0 bridgehead atoms. The van der Waals surface area contributed by atoms with Crippen molar-refractivity contribution in [3.8, 4) is 5.69 Å². The number of para-hydroxylation sites is 1. The Morgan fingerprint density at radius 2 is 1.76 bits per heavy atom. The Balaban J connectivity index is 1.66. The summed E-state index contributed by atoms with van der Waals surface area (Å²) in [5.41, 5.74) is 8.35. The molecule has 0 fully saturated rings. The predicted octanol–water partition coefficient (Wildman–Crippen LogP) is 5.76. The van der Waals surface area contributed by atoms with Crippen molar-refractivity contribution < 1.29 is 14.5 Å². The molecule has 0 N–H and O–H groups in total. The number of rotatable bonds is 5. The highest BCUT2D eigenvalue weighted by Gasteiger charge is 2.22. The number of benzene rings is 3. The smallest absolute Gasteiger partial charge is 0.331 e. The molecule has 33 heavy (non-hydrogen) atoms. The number of carbonyl (C=O) groups excluding carboxylic acids is 1. The summed E-state index contributed by atoms with van der Waals surface area (Å²) in [6.07, 6.45) is 1.64. The first-order valence-corrected chi connectivity index (χ1v) is 11.1. The van der Waals surface area contributed by atoms with Gasteiger partial charge in [-0.05, 0) is 68.1 Å². The molecule has 1 aliphatic rings. The van der Waals surface area contributed by atoms with Crippen molar-refractivity contribution in [3.05, 3.63) is 77.4 Å². The highest BCUT2D eigenvalue weighted by Crippen LogP contribution is 2.36. The van der Waals surface area contributed by atoms with Gasteiger partial charge < -0.3 is 14.2 Å². The monoisotopic (exact) mass is 439 g/mol. The van der Waals surface area contributed by atoms with Crippen LogP contribution in [0.2, 0.25) is 0 Å². The zero-order valence-corrected chi connectivity index (χ0v) is 19.0. The van der Waals surface area contributed by atoms with E-state index < -0.39 is 5.97 Å². The van der Waals surface area contributed by atoms with Crippen LogP contribution in [0.5, 0.6) is 0 Å². The Bertz CT molecular complexity index is 1430. The van der Waals surface area contributed by atoms with Gasteiger partial charge in [0.1, 0.15) is 6.61 Å². The minimum absolute atomic E-state index is 0.404. The lowest BCUT2D eigenvalue weighted by molar-refractivity contribution is -0.140. The van der Waals surface area contributed by atoms with Crippen LogP contribution < -0.4 is 0 Å². The molecule has 4 aromatic rings. The second-order valence-electron chi connectivity index (χ2n) is 8.14. The predicted molar refractivity (Wildman–Crippen MR) is 131 cm³/mol. The Morgan fingerprint density at radius 1 is 0.970 bits per heavy atom. The highest BCUT2D eigenvalue weighted by molar-refractivity contribution is 6.14. The molecule has 0 saturated heterocycles. The third-order valence-corrected chi connectivity index (χ3v) is 6.00. The zero-order chi connectivity index (χ0) is 22.9. The second-order valence-corrected chi connectivity index (χ2v) is 8.14. The van der Waals surface area contributed by atoms with E-state index in [2.05, 4.69) is 75.5 Å². The molecule has 6 heteroatoms. The van der Waals surface area contributed by atoms with E-state index in [1.54, 1.807) is 0 Å². The summed E-state index contributed by atoms with van der Waals surface area (Å²) in [4.78, 5) is 21.4. The molecule has 166 valence electrons. The number of aryl methyl sites for hydroxylation is 1. The number of fused-ring (bicyclic) bond motifs is 4. The van der Waals surface area contributed by atoms with Crippen molar-refractivity contribution in [2.45, 2.75) is 33.6 Å². The van der Waals surface area contributed by atoms with E-state index in [1.165, 1.54) is 17.9 Å². The summed E-state index contributed by atoms with van der Waals surface area (Å²) in [5, 5.41) is 10.6. The number of carbonyl (C=O) groups is 1. The quantitative estimate of drug-likeness (QED) is 0.226. The fourth-order valence-electron chi connectivity index (χ4n) is 4.48. The fourth-order valence-corrected chi connectivity index (χ4v) is 4.48. The normalized spacial score (nSPS) is 14.8. The summed E-state index contributed by atoms with van der Waals surface area (Å²) < 4.78 is 2.30. The fraction of sp³-hybridized carbons (Fsp3) is 0.222. The van der Waals surface area contributed by atoms with Crippen LogP contribution in [-0.4, -0.2) is 28.6 Å². The van der Waals surface area contributed by atoms with Crippen LogP contribution >= 0.6 is 0 Å². The van der Waals surface area contributed by atoms with Crippen molar-refractivity contribution in [2.24, 2.45) is 10.3 Å². The van der Waals surface area contributed by atoms with E-state index in [9.17, 15) is 4.79 Å². The Hall–Kier alpha value is -3.93. The third-order valence-electron chi connectivity index (χ3n) is 6.00. The van der Waals surface area contributed by atoms with Gasteiger partial charge >= 0.3 is 5.97 Å². The van der Waals surface area contributed by atoms with Crippen LogP contribution in [0.15, 0.2) is 71.0 Å². The lowest BCUT2D eigenvalue weighted by Gasteiger charge is -2.10. The molecule has 3 aromatic carbocycles. The molecular weight excluding hydrogens is 414 g/mol. The summed E-state index contributed by atoms with van der Waals surface area (Å²) >= 11 is 0. The van der Waals surface area contributed by atoms with E-state index in [0.29, 0.717) is 6.61 Å². The van der Waals surface area contributed by atoms with E-state index in [1.807, 2.05) is 13.8 Å². The Labute approximate surface area is 192 Å². The van der Waals surface area contributed by atoms with Gasteiger partial charge in [0.05, 0.1) is 22.5 Å². The van der Waals surface area contributed by atoms with Crippen molar-refractivity contribution in [1.82, 2.24) is 4.57 Å². The number of hydrogen-bond donors (Lipinski definition) is 0. The maximum atomic E-state index is 11.2. The molecule has 1 aliphatic carbocycles. The average molecular weight is 440 g/mol. The summed E-state index contributed by atoms with van der Waals surface area (Å²) in [7, 11) is 0. The van der Waals surface area contributed by atoms with Gasteiger partial charge in [0.2, 0.25) is 0 Å². The van der Waals surface area contributed by atoms with Crippen LogP contribution in [0.1, 0.15) is 43.9 Å². The van der Waals surface area contributed by atoms with Gasteiger partial charge in [0, 0.05) is 28.9 Å². The van der Waals surface area contributed by atoms with Crippen molar-refractivity contribution in [1.29, 1.82) is 0 Å². The van der Waals surface area contributed by atoms with E-state index in [0.717, 1.165) is 57.5 Å². The number of hydrogen-bond acceptors (Lipinski definition) is 5. The van der Waals surface area contributed by atoms with E-state index in [4.69, 9.17) is 9.68 Å². The van der Waals surface area contributed by atoms with Crippen molar-refractivity contribution >= 4 is 39.2 Å². The zero-order valence-electron chi connectivity index (χ0n) is 19.0. The van der Waals surface area contributed by atoms with Gasteiger partial charge in [-0.3, -0.25) is 0 Å². The SMILES string of the molecule is CCO/N=C(\C)c1ccc(-n2c3ccccc3c3cc4c(cc32)CC/C4=N\OC(C)=O)cc1. The first-order chi connectivity index (χ1) is 16.1. The number of aromatic nitrogens is 1. The molecule has 0 saturated carbocycles. The first kappa shape index (κ1) is 20.9. The molecule has 0 aliphatic heterocycles. The minimum atomic E-state index is -0.404. The van der Waals surface area contributed by atoms with Crippen molar-refractivity contribution in [3.63, 3.8) is 0 Å². The number of nitrogens with zero attached hydrogens (tertiary/aromatic N) is 3.